The summed E-state index contributed by atoms with van der Waals surface area (Å²) in [5, 5.41) is 13.9. The summed E-state index contributed by atoms with van der Waals surface area (Å²) in [7, 11) is 0. The second-order valence-corrected chi connectivity index (χ2v) is 8.13. The van der Waals surface area contributed by atoms with E-state index in [1.165, 1.54) is 0 Å². The summed E-state index contributed by atoms with van der Waals surface area (Å²) in [6.45, 7) is 6.01. The van der Waals surface area contributed by atoms with Crippen molar-refractivity contribution in [1.29, 1.82) is 0 Å². The Bertz CT molecular complexity index is 934. The topological polar surface area (TPSA) is 121 Å². The molecule has 3 rings (SSSR count). The zero-order chi connectivity index (χ0) is 25.5. The standard InChI is InChI=1S/C24H32N4O3.C2H4O2/c1-2-31-23-20(12-8-14-27-23)24(30)28-16-7-6-13-26-22(29)18-21(25-15-9-17-28)19-10-4-3-5-11-19;1-2(3)4/h3-5,8,10-12,14,21,25H,2,6-7,9,13,15-18H2,1H3,(H,26,29);1H3,(H,3,4). The van der Waals surface area contributed by atoms with Gasteiger partial charge in [0.2, 0.25) is 11.8 Å². The molecule has 0 saturated carbocycles. The normalized spacial score (nSPS) is 17.4. The molecule has 0 aliphatic carbocycles. The Morgan fingerprint density at radius 3 is 2.51 bits per heavy atom. The van der Waals surface area contributed by atoms with Crippen molar-refractivity contribution < 1.29 is 24.2 Å². The van der Waals surface area contributed by atoms with Gasteiger partial charge >= 0.3 is 0 Å². The molecule has 1 aromatic heterocycles. The molecule has 2 aromatic rings. The Labute approximate surface area is 206 Å². The van der Waals surface area contributed by atoms with Gasteiger partial charge in [-0.1, -0.05) is 30.3 Å². The molecule has 1 aromatic carbocycles. The van der Waals surface area contributed by atoms with E-state index in [4.69, 9.17) is 14.6 Å². The molecule has 1 atom stereocenters. The van der Waals surface area contributed by atoms with Crippen LogP contribution in [0.4, 0.5) is 0 Å². The van der Waals surface area contributed by atoms with Crippen molar-refractivity contribution in [3.63, 3.8) is 0 Å². The summed E-state index contributed by atoms with van der Waals surface area (Å²) in [5.41, 5.74) is 1.59. The molecule has 1 unspecified atom stereocenters. The lowest BCUT2D eigenvalue weighted by molar-refractivity contribution is -0.134. The Morgan fingerprint density at radius 1 is 1.09 bits per heavy atom. The molecule has 1 aliphatic heterocycles. The molecule has 9 nitrogen and oxygen atoms in total. The molecule has 0 spiro atoms. The van der Waals surface area contributed by atoms with Crippen LogP contribution in [0.1, 0.15) is 61.5 Å². The van der Waals surface area contributed by atoms with Crippen molar-refractivity contribution in [2.24, 2.45) is 0 Å². The first-order chi connectivity index (χ1) is 16.9. The number of carboxylic acid groups (broad SMARTS) is 1. The molecular weight excluding hydrogens is 448 g/mol. The fourth-order valence-corrected chi connectivity index (χ4v) is 3.74. The average Bonchev–Trinajstić information content (AvgIpc) is 2.86. The highest BCUT2D eigenvalue weighted by Gasteiger charge is 2.21. The zero-order valence-corrected chi connectivity index (χ0v) is 20.5. The number of nitrogens with one attached hydrogen (secondary N) is 2. The lowest BCUT2D eigenvalue weighted by atomic mass is 10.0. The number of nitrogens with zero attached hydrogens (tertiary/aromatic N) is 2. The Morgan fingerprint density at radius 2 is 1.80 bits per heavy atom. The van der Waals surface area contributed by atoms with Crippen molar-refractivity contribution in [3.8, 4) is 5.88 Å². The van der Waals surface area contributed by atoms with Crippen molar-refractivity contribution >= 4 is 17.8 Å². The summed E-state index contributed by atoms with van der Waals surface area (Å²) >= 11 is 0. The largest absolute Gasteiger partial charge is 0.481 e. The van der Waals surface area contributed by atoms with Crippen LogP contribution in [0.15, 0.2) is 48.7 Å². The summed E-state index contributed by atoms with van der Waals surface area (Å²) in [4.78, 5) is 40.7. The number of amides is 2. The molecule has 1 aliphatic rings. The van der Waals surface area contributed by atoms with Crippen LogP contribution in [0, 0.1) is 0 Å². The van der Waals surface area contributed by atoms with Crippen molar-refractivity contribution in [3.05, 3.63) is 59.8 Å². The van der Waals surface area contributed by atoms with E-state index in [0.29, 0.717) is 50.7 Å². The first kappa shape index (κ1) is 27.8. The van der Waals surface area contributed by atoms with Gasteiger partial charge in [0.1, 0.15) is 5.56 Å². The molecule has 1 saturated heterocycles. The third-order valence-corrected chi connectivity index (χ3v) is 5.33. The predicted octanol–water partition coefficient (Wildman–Crippen LogP) is 3.03. The van der Waals surface area contributed by atoms with Gasteiger partial charge in [0, 0.05) is 45.2 Å². The van der Waals surface area contributed by atoms with E-state index >= 15 is 0 Å². The fraction of sp³-hybridized carbons (Fsp3) is 0.462. The molecule has 2 amide bonds. The number of carboxylic acids is 1. The van der Waals surface area contributed by atoms with Gasteiger partial charge in [-0.2, -0.15) is 0 Å². The highest BCUT2D eigenvalue weighted by atomic mass is 16.5. The summed E-state index contributed by atoms with van der Waals surface area (Å²) in [6.07, 6.45) is 4.48. The Hall–Kier alpha value is -3.46. The van der Waals surface area contributed by atoms with Crippen LogP contribution in [-0.2, 0) is 9.59 Å². The number of pyridine rings is 1. The van der Waals surface area contributed by atoms with Crippen LogP contribution in [0.2, 0.25) is 0 Å². The number of hydrogen-bond acceptors (Lipinski definition) is 6. The van der Waals surface area contributed by atoms with E-state index in [0.717, 1.165) is 31.7 Å². The zero-order valence-electron chi connectivity index (χ0n) is 20.5. The van der Waals surface area contributed by atoms with Gasteiger partial charge in [0.15, 0.2) is 0 Å². The van der Waals surface area contributed by atoms with Crippen LogP contribution in [0.25, 0.3) is 0 Å². The summed E-state index contributed by atoms with van der Waals surface area (Å²) < 4.78 is 5.56. The van der Waals surface area contributed by atoms with Gasteiger partial charge in [-0.05, 0) is 50.4 Å². The lowest BCUT2D eigenvalue weighted by Crippen LogP contribution is -2.35. The maximum atomic E-state index is 13.2. The van der Waals surface area contributed by atoms with Crippen LogP contribution < -0.4 is 15.4 Å². The molecule has 190 valence electrons. The third-order valence-electron chi connectivity index (χ3n) is 5.33. The van der Waals surface area contributed by atoms with Gasteiger partial charge in [0.05, 0.1) is 6.61 Å². The Kier molecular flexibility index (Phi) is 12.3. The highest BCUT2D eigenvalue weighted by molar-refractivity contribution is 5.96. The third kappa shape index (κ3) is 10.1. The number of rotatable bonds is 4. The quantitative estimate of drug-likeness (QED) is 0.610. The molecule has 3 N–H and O–H groups in total. The molecular formula is C26H36N4O5. The first-order valence-corrected chi connectivity index (χ1v) is 12.0. The van der Waals surface area contributed by atoms with Crippen molar-refractivity contribution in [2.75, 3.05) is 32.8 Å². The average molecular weight is 485 g/mol. The molecule has 2 heterocycles. The van der Waals surface area contributed by atoms with Crippen molar-refractivity contribution in [2.45, 2.75) is 45.6 Å². The van der Waals surface area contributed by atoms with Gasteiger partial charge in [-0.15, -0.1) is 0 Å². The minimum Gasteiger partial charge on any atom is -0.481 e. The second-order valence-electron chi connectivity index (χ2n) is 8.13. The lowest BCUT2D eigenvalue weighted by Gasteiger charge is -2.24. The summed E-state index contributed by atoms with van der Waals surface area (Å²) in [6, 6.07) is 13.5. The van der Waals surface area contributed by atoms with E-state index in [2.05, 4.69) is 15.6 Å². The molecule has 0 radical (unpaired) electrons. The van der Waals surface area contributed by atoms with Crippen LogP contribution in [0.5, 0.6) is 5.88 Å². The monoisotopic (exact) mass is 484 g/mol. The van der Waals surface area contributed by atoms with Gasteiger partial charge in [0.25, 0.3) is 11.9 Å². The number of carbonyl (C=O) groups excluding carboxylic acids is 2. The van der Waals surface area contributed by atoms with Crippen molar-refractivity contribution in [1.82, 2.24) is 20.5 Å². The van der Waals surface area contributed by atoms with E-state index in [9.17, 15) is 9.59 Å². The SMILES string of the molecule is CC(=O)O.CCOc1ncccc1C(=O)N1CCCCNC(=O)CC(c2ccccc2)NCCC1. The van der Waals surface area contributed by atoms with E-state index in [-0.39, 0.29) is 17.9 Å². The smallest absolute Gasteiger partial charge is 0.300 e. The molecule has 0 bridgehead atoms. The number of hydrogen-bond donors (Lipinski definition) is 3. The highest BCUT2D eigenvalue weighted by Crippen LogP contribution is 2.19. The number of ether oxygens (including phenoxy) is 1. The van der Waals surface area contributed by atoms with Gasteiger partial charge in [-0.25, -0.2) is 4.98 Å². The first-order valence-electron chi connectivity index (χ1n) is 12.0. The van der Waals surface area contributed by atoms with Crippen LogP contribution in [-0.4, -0.2) is 65.6 Å². The number of carbonyl (C=O) groups is 3. The molecule has 35 heavy (non-hydrogen) atoms. The molecule has 9 heteroatoms. The van der Waals surface area contributed by atoms with Gasteiger partial charge in [-0.3, -0.25) is 14.4 Å². The predicted molar refractivity (Wildman–Crippen MR) is 133 cm³/mol. The maximum absolute atomic E-state index is 13.2. The fourth-order valence-electron chi connectivity index (χ4n) is 3.74. The van der Waals surface area contributed by atoms with E-state index < -0.39 is 5.97 Å². The number of aromatic nitrogens is 1. The minimum absolute atomic E-state index is 0.0465. The van der Waals surface area contributed by atoms with Gasteiger partial charge < -0.3 is 25.4 Å². The second kappa shape index (κ2) is 15.4. The van der Waals surface area contributed by atoms with E-state index in [1.807, 2.05) is 42.2 Å². The number of aliphatic carboxylic acids is 1. The van der Waals surface area contributed by atoms with E-state index in [1.54, 1.807) is 18.3 Å². The Balaban J connectivity index is 0.00000100. The van der Waals surface area contributed by atoms with Crippen LogP contribution >= 0.6 is 0 Å². The summed E-state index contributed by atoms with van der Waals surface area (Å²) in [5.74, 6) is -0.465. The maximum Gasteiger partial charge on any atom is 0.300 e. The van der Waals surface area contributed by atoms with Crippen LogP contribution in [0.3, 0.4) is 0 Å². The minimum atomic E-state index is -0.833. The molecule has 1 fully saturated rings. The number of benzene rings is 1.